The predicted molar refractivity (Wildman–Crippen MR) is 128 cm³/mol. The number of fused-ring (bicyclic) bond motifs is 1. The third-order valence-corrected chi connectivity index (χ3v) is 7.70. The molecule has 170 valence electrons. The van der Waals surface area contributed by atoms with E-state index in [0.29, 0.717) is 23.1 Å². The first-order valence-electron chi connectivity index (χ1n) is 11.6. The molecule has 1 saturated heterocycles. The van der Waals surface area contributed by atoms with Crippen molar-refractivity contribution in [3.05, 3.63) is 51.3 Å². The molecule has 0 bridgehead atoms. The summed E-state index contributed by atoms with van der Waals surface area (Å²) >= 11 is 12.2. The Balaban J connectivity index is 1.20. The van der Waals surface area contributed by atoms with Crippen LogP contribution in [0, 0.1) is 0 Å². The summed E-state index contributed by atoms with van der Waals surface area (Å²) in [4.78, 5) is 29.4. The summed E-state index contributed by atoms with van der Waals surface area (Å²) in [6.07, 6.45) is 7.89. The van der Waals surface area contributed by atoms with Crippen molar-refractivity contribution in [2.75, 3.05) is 44.2 Å². The van der Waals surface area contributed by atoms with E-state index in [-0.39, 0.29) is 12.3 Å². The maximum atomic E-state index is 12.9. The zero-order valence-electron chi connectivity index (χ0n) is 18.3. The van der Waals surface area contributed by atoms with Crippen LogP contribution in [0.4, 0.5) is 5.95 Å². The number of anilines is 1. The van der Waals surface area contributed by atoms with Crippen molar-refractivity contribution in [2.24, 2.45) is 0 Å². The second-order valence-electron chi connectivity index (χ2n) is 9.04. The van der Waals surface area contributed by atoms with E-state index in [1.165, 1.54) is 19.3 Å². The molecule has 1 saturated carbocycles. The topological polar surface area (TPSA) is 52.6 Å². The fourth-order valence-electron chi connectivity index (χ4n) is 4.85. The molecule has 5 rings (SSSR count). The molecule has 3 aliphatic rings. The predicted octanol–water partition coefficient (Wildman–Crippen LogP) is 3.63. The van der Waals surface area contributed by atoms with Crippen molar-refractivity contribution in [3.8, 4) is 0 Å². The highest BCUT2D eigenvalue weighted by atomic mass is 35.5. The Morgan fingerprint density at radius 2 is 1.81 bits per heavy atom. The van der Waals surface area contributed by atoms with Crippen LogP contribution in [0.3, 0.4) is 0 Å². The average Bonchev–Trinajstić information content (AvgIpc) is 2.97. The number of hydrogen-bond acceptors (Lipinski definition) is 5. The molecule has 8 heteroatoms. The van der Waals surface area contributed by atoms with Gasteiger partial charge in [0.25, 0.3) is 0 Å². The van der Waals surface area contributed by atoms with Crippen molar-refractivity contribution in [3.63, 3.8) is 0 Å². The summed E-state index contributed by atoms with van der Waals surface area (Å²) in [6.45, 7) is 5.52. The molecule has 1 aromatic carbocycles. The van der Waals surface area contributed by atoms with Crippen LogP contribution < -0.4 is 4.90 Å². The van der Waals surface area contributed by atoms with Gasteiger partial charge in [-0.2, -0.15) is 0 Å². The molecule has 0 atom stereocenters. The summed E-state index contributed by atoms with van der Waals surface area (Å²) < 4.78 is 0. The summed E-state index contributed by atoms with van der Waals surface area (Å²) in [6, 6.07) is 6.10. The van der Waals surface area contributed by atoms with Crippen LogP contribution in [-0.4, -0.2) is 71.0 Å². The minimum atomic E-state index is 0.0855. The second-order valence-corrected chi connectivity index (χ2v) is 9.89. The lowest BCUT2D eigenvalue weighted by molar-refractivity contribution is -0.130. The zero-order chi connectivity index (χ0) is 22.1. The van der Waals surface area contributed by atoms with Crippen LogP contribution in [0.15, 0.2) is 24.4 Å². The van der Waals surface area contributed by atoms with E-state index >= 15 is 0 Å². The molecule has 0 unspecified atom stereocenters. The Bertz CT molecular complexity index is 988. The summed E-state index contributed by atoms with van der Waals surface area (Å²) in [5.41, 5.74) is 3.05. The van der Waals surface area contributed by atoms with Gasteiger partial charge in [0, 0.05) is 68.0 Å². The van der Waals surface area contributed by atoms with E-state index in [1.54, 1.807) is 12.1 Å². The normalized spacial score (nSPS) is 19.9. The number of piperazine rings is 1. The molecule has 3 heterocycles. The lowest BCUT2D eigenvalue weighted by atomic mass is 9.91. The van der Waals surface area contributed by atoms with Crippen LogP contribution in [0.1, 0.15) is 36.1 Å². The van der Waals surface area contributed by atoms with Crippen LogP contribution in [0.25, 0.3) is 0 Å². The third-order valence-electron chi connectivity index (χ3n) is 7.11. The molecule has 0 spiro atoms. The van der Waals surface area contributed by atoms with E-state index in [0.717, 1.165) is 67.8 Å². The zero-order valence-corrected chi connectivity index (χ0v) is 19.8. The highest BCUT2D eigenvalue weighted by Crippen LogP contribution is 2.27. The summed E-state index contributed by atoms with van der Waals surface area (Å²) in [5.74, 6) is 0.923. The standard InChI is InChI=1S/C24H29Cl2N5O/c25-19-5-4-17(21(26)15-19)14-23(32)30-8-6-18-16-27-24(28-22(18)7-9-30)31-12-10-29(11-13-31)20-2-1-3-20/h4-5,15-16,20H,1-3,6-14H2. The van der Waals surface area contributed by atoms with Gasteiger partial charge in [-0.15, -0.1) is 0 Å². The molecule has 1 amide bonds. The largest absolute Gasteiger partial charge is 0.342 e. The van der Waals surface area contributed by atoms with Gasteiger partial charge in [0.05, 0.1) is 12.1 Å². The lowest BCUT2D eigenvalue weighted by Gasteiger charge is -2.43. The minimum absolute atomic E-state index is 0.0855. The fraction of sp³-hybridized carbons (Fsp3) is 0.542. The third kappa shape index (κ3) is 4.73. The first kappa shape index (κ1) is 21.9. The number of nitrogens with zero attached hydrogens (tertiary/aromatic N) is 5. The van der Waals surface area contributed by atoms with Gasteiger partial charge in [-0.05, 0) is 42.5 Å². The SMILES string of the molecule is O=C(Cc1ccc(Cl)cc1Cl)N1CCc2cnc(N3CCN(C4CCC4)CC3)nc2CC1. The Labute approximate surface area is 199 Å². The van der Waals surface area contributed by atoms with Crippen molar-refractivity contribution >= 4 is 35.1 Å². The molecule has 2 fully saturated rings. The summed E-state index contributed by atoms with van der Waals surface area (Å²) in [5, 5.41) is 1.12. The number of hydrogen-bond donors (Lipinski definition) is 0. The average molecular weight is 474 g/mol. The van der Waals surface area contributed by atoms with Crippen LogP contribution >= 0.6 is 23.2 Å². The van der Waals surface area contributed by atoms with Crippen molar-refractivity contribution in [2.45, 2.75) is 44.6 Å². The quantitative estimate of drug-likeness (QED) is 0.678. The Morgan fingerprint density at radius 3 is 2.53 bits per heavy atom. The smallest absolute Gasteiger partial charge is 0.227 e. The number of halogens is 2. The van der Waals surface area contributed by atoms with Gasteiger partial charge < -0.3 is 9.80 Å². The first-order valence-corrected chi connectivity index (χ1v) is 12.4. The van der Waals surface area contributed by atoms with Gasteiger partial charge >= 0.3 is 0 Å². The molecule has 2 aromatic rings. The maximum Gasteiger partial charge on any atom is 0.227 e. The lowest BCUT2D eigenvalue weighted by Crippen LogP contribution is -2.52. The van der Waals surface area contributed by atoms with Crippen molar-refractivity contribution in [1.82, 2.24) is 19.8 Å². The highest BCUT2D eigenvalue weighted by Gasteiger charge is 2.29. The number of amides is 1. The Hall–Kier alpha value is -1.89. The monoisotopic (exact) mass is 473 g/mol. The van der Waals surface area contributed by atoms with Gasteiger partial charge in [-0.3, -0.25) is 9.69 Å². The molecule has 6 nitrogen and oxygen atoms in total. The molecule has 1 aliphatic carbocycles. The van der Waals surface area contributed by atoms with Gasteiger partial charge in [0.1, 0.15) is 0 Å². The van der Waals surface area contributed by atoms with Crippen molar-refractivity contribution in [1.29, 1.82) is 0 Å². The van der Waals surface area contributed by atoms with E-state index in [1.807, 2.05) is 17.2 Å². The van der Waals surface area contributed by atoms with E-state index in [2.05, 4.69) is 14.8 Å². The molecule has 32 heavy (non-hydrogen) atoms. The first-order chi connectivity index (χ1) is 15.6. The Kier molecular flexibility index (Phi) is 6.54. The summed E-state index contributed by atoms with van der Waals surface area (Å²) in [7, 11) is 0. The number of benzene rings is 1. The second kappa shape index (κ2) is 9.54. The van der Waals surface area contributed by atoms with E-state index < -0.39 is 0 Å². The number of rotatable bonds is 4. The highest BCUT2D eigenvalue weighted by molar-refractivity contribution is 6.35. The van der Waals surface area contributed by atoms with Crippen LogP contribution in [0.2, 0.25) is 10.0 Å². The Morgan fingerprint density at radius 1 is 1.03 bits per heavy atom. The number of aromatic nitrogens is 2. The van der Waals surface area contributed by atoms with Gasteiger partial charge in [-0.25, -0.2) is 9.97 Å². The van der Waals surface area contributed by atoms with Crippen LogP contribution in [0.5, 0.6) is 0 Å². The fourth-order valence-corrected chi connectivity index (χ4v) is 5.32. The number of carbonyl (C=O) groups is 1. The molecule has 0 N–H and O–H groups in total. The molecular formula is C24H29Cl2N5O. The molecule has 1 aromatic heterocycles. The maximum absolute atomic E-state index is 12.9. The van der Waals surface area contributed by atoms with Crippen molar-refractivity contribution < 1.29 is 4.79 Å². The van der Waals surface area contributed by atoms with Gasteiger partial charge in [0.15, 0.2) is 0 Å². The molecule has 0 radical (unpaired) electrons. The minimum Gasteiger partial charge on any atom is -0.342 e. The van der Waals surface area contributed by atoms with Gasteiger partial charge in [0.2, 0.25) is 11.9 Å². The van der Waals surface area contributed by atoms with E-state index in [9.17, 15) is 4.79 Å². The van der Waals surface area contributed by atoms with Crippen LogP contribution in [-0.2, 0) is 24.1 Å². The molecular weight excluding hydrogens is 445 g/mol. The van der Waals surface area contributed by atoms with Gasteiger partial charge in [-0.1, -0.05) is 35.7 Å². The number of carbonyl (C=O) groups excluding carboxylic acids is 1. The van der Waals surface area contributed by atoms with E-state index in [4.69, 9.17) is 28.2 Å². The molecule has 2 aliphatic heterocycles.